The highest BCUT2D eigenvalue weighted by Gasteiger charge is 2.28. The minimum atomic E-state index is 0.238. The monoisotopic (exact) mass is 300 g/mol. The lowest BCUT2D eigenvalue weighted by Gasteiger charge is -2.34. The number of benzene rings is 1. The quantitative estimate of drug-likeness (QED) is 0.836. The van der Waals surface area contributed by atoms with Crippen LogP contribution in [0, 0.1) is 5.41 Å². The van der Waals surface area contributed by atoms with Gasteiger partial charge in [0.2, 0.25) is 0 Å². The van der Waals surface area contributed by atoms with E-state index in [2.05, 4.69) is 31.0 Å². The average Bonchev–Trinajstić information content (AvgIpc) is 2.54. The Morgan fingerprint density at radius 1 is 1.26 bits per heavy atom. The summed E-state index contributed by atoms with van der Waals surface area (Å²) < 4.78 is 0. The predicted molar refractivity (Wildman–Crippen MR) is 84.5 cm³/mol. The molecule has 1 heterocycles. The van der Waals surface area contributed by atoms with Crippen LogP contribution in [-0.4, -0.2) is 25.7 Å². The molecule has 1 saturated heterocycles. The molecule has 1 aromatic rings. The fourth-order valence-electron chi connectivity index (χ4n) is 2.46. The highest BCUT2D eigenvalue weighted by Crippen LogP contribution is 2.31. The number of nitrogens with one attached hydrogen (secondary N) is 1. The van der Waals surface area contributed by atoms with E-state index in [9.17, 15) is 0 Å². The van der Waals surface area contributed by atoms with Crippen LogP contribution in [0.25, 0.3) is 0 Å². The minimum Gasteiger partial charge on any atom is -0.369 e. The van der Waals surface area contributed by atoms with Crippen LogP contribution in [0.2, 0.25) is 10.0 Å². The summed E-state index contributed by atoms with van der Waals surface area (Å²) in [5.74, 6) is 0. The topological polar surface area (TPSA) is 15.3 Å². The van der Waals surface area contributed by atoms with Gasteiger partial charge in [-0.15, -0.1) is 0 Å². The van der Waals surface area contributed by atoms with Crippen LogP contribution >= 0.6 is 23.2 Å². The van der Waals surface area contributed by atoms with Crippen molar-refractivity contribution >= 4 is 28.9 Å². The summed E-state index contributed by atoms with van der Waals surface area (Å²) in [7, 11) is 0. The maximum absolute atomic E-state index is 6.33. The molecule has 1 unspecified atom stereocenters. The molecule has 1 atom stereocenters. The first-order valence-corrected chi connectivity index (χ1v) is 7.57. The third-order valence-electron chi connectivity index (χ3n) is 3.69. The highest BCUT2D eigenvalue weighted by atomic mass is 35.5. The first kappa shape index (κ1) is 15.0. The predicted octanol–water partition coefficient (Wildman–Crippen LogP) is 4.21. The minimum absolute atomic E-state index is 0.238. The zero-order valence-electron chi connectivity index (χ0n) is 11.8. The van der Waals surface area contributed by atoms with Gasteiger partial charge in [-0.25, -0.2) is 0 Å². The lowest BCUT2D eigenvalue weighted by Crippen LogP contribution is -2.46. The van der Waals surface area contributed by atoms with E-state index < -0.39 is 0 Å². The molecule has 0 saturated carbocycles. The van der Waals surface area contributed by atoms with E-state index in [4.69, 9.17) is 23.2 Å². The summed E-state index contributed by atoms with van der Waals surface area (Å²) in [5.41, 5.74) is 1.32. The molecular formula is C15H22Cl2N2. The van der Waals surface area contributed by atoms with Gasteiger partial charge in [0.25, 0.3) is 0 Å². The van der Waals surface area contributed by atoms with Gasteiger partial charge < -0.3 is 10.2 Å². The molecule has 1 fully saturated rings. The van der Waals surface area contributed by atoms with Crippen molar-refractivity contribution in [3.8, 4) is 0 Å². The highest BCUT2D eigenvalue weighted by molar-refractivity contribution is 6.36. The molecule has 1 aliphatic rings. The van der Waals surface area contributed by atoms with E-state index in [1.807, 2.05) is 18.2 Å². The number of rotatable bonds is 1. The second kappa shape index (κ2) is 5.90. The van der Waals surface area contributed by atoms with E-state index in [-0.39, 0.29) is 5.41 Å². The Morgan fingerprint density at radius 3 is 2.63 bits per heavy atom. The zero-order valence-corrected chi connectivity index (χ0v) is 13.4. The Bertz CT molecular complexity index is 440. The molecule has 1 aromatic carbocycles. The molecular weight excluding hydrogens is 279 g/mol. The molecule has 0 amide bonds. The Kier molecular flexibility index (Phi) is 4.65. The number of halogens is 2. The molecule has 0 spiro atoms. The van der Waals surface area contributed by atoms with Gasteiger partial charge in [-0.1, -0.05) is 44.0 Å². The van der Waals surface area contributed by atoms with Gasteiger partial charge in [0.1, 0.15) is 0 Å². The fourth-order valence-corrected chi connectivity index (χ4v) is 2.99. The van der Waals surface area contributed by atoms with Crippen LogP contribution in [0.4, 0.5) is 5.69 Å². The van der Waals surface area contributed by atoms with Gasteiger partial charge in [-0.05, 0) is 36.6 Å². The fraction of sp³-hybridized carbons (Fsp3) is 0.600. The maximum Gasteiger partial charge on any atom is 0.0654 e. The molecule has 0 aromatic heterocycles. The third kappa shape index (κ3) is 3.77. The van der Waals surface area contributed by atoms with Crippen LogP contribution in [0.3, 0.4) is 0 Å². The molecule has 0 radical (unpaired) electrons. The summed E-state index contributed by atoms with van der Waals surface area (Å²) in [6.07, 6.45) is 1.13. The average molecular weight is 301 g/mol. The van der Waals surface area contributed by atoms with Gasteiger partial charge in [0.15, 0.2) is 0 Å². The van der Waals surface area contributed by atoms with E-state index >= 15 is 0 Å². The van der Waals surface area contributed by atoms with E-state index in [1.54, 1.807) is 0 Å². The largest absolute Gasteiger partial charge is 0.369 e. The summed E-state index contributed by atoms with van der Waals surface area (Å²) >= 11 is 12.3. The van der Waals surface area contributed by atoms with Crippen molar-refractivity contribution in [2.45, 2.75) is 33.2 Å². The van der Waals surface area contributed by atoms with Crippen molar-refractivity contribution in [2.24, 2.45) is 5.41 Å². The van der Waals surface area contributed by atoms with Gasteiger partial charge in [-0.2, -0.15) is 0 Å². The molecule has 2 nitrogen and oxygen atoms in total. The first-order chi connectivity index (χ1) is 8.88. The Morgan fingerprint density at radius 2 is 2.00 bits per heavy atom. The molecule has 19 heavy (non-hydrogen) atoms. The van der Waals surface area contributed by atoms with Crippen molar-refractivity contribution in [2.75, 3.05) is 24.5 Å². The lowest BCUT2D eigenvalue weighted by molar-refractivity contribution is 0.280. The molecule has 2 rings (SSSR count). The Balaban J connectivity index is 2.22. The van der Waals surface area contributed by atoms with Crippen molar-refractivity contribution in [1.29, 1.82) is 0 Å². The Hall–Kier alpha value is -0.440. The van der Waals surface area contributed by atoms with Crippen molar-refractivity contribution in [1.82, 2.24) is 5.32 Å². The summed E-state index contributed by atoms with van der Waals surface area (Å²) in [5, 5.41) is 5.07. The van der Waals surface area contributed by atoms with Crippen LogP contribution in [-0.2, 0) is 0 Å². The molecule has 106 valence electrons. The van der Waals surface area contributed by atoms with Crippen molar-refractivity contribution < 1.29 is 0 Å². The normalized spacial score (nSPS) is 21.3. The molecule has 4 heteroatoms. The standard InChI is InChI=1S/C15H22Cl2N2/c1-15(2,3)14-10-19(8-4-7-18-14)13-6-5-11(16)9-12(13)17/h5-6,9,14,18H,4,7-8,10H2,1-3H3. The maximum atomic E-state index is 6.33. The second-order valence-corrected chi connectivity index (χ2v) is 7.11. The second-order valence-electron chi connectivity index (χ2n) is 6.27. The molecule has 1 N–H and O–H groups in total. The van der Waals surface area contributed by atoms with Crippen LogP contribution in [0.15, 0.2) is 18.2 Å². The summed E-state index contributed by atoms with van der Waals surface area (Å²) in [6.45, 7) is 9.89. The first-order valence-electron chi connectivity index (χ1n) is 6.81. The smallest absolute Gasteiger partial charge is 0.0654 e. The summed E-state index contributed by atoms with van der Waals surface area (Å²) in [4.78, 5) is 2.37. The van der Waals surface area contributed by atoms with Crippen LogP contribution in [0.1, 0.15) is 27.2 Å². The number of anilines is 1. The lowest BCUT2D eigenvalue weighted by atomic mass is 9.86. The van der Waals surface area contributed by atoms with Gasteiger partial charge in [0, 0.05) is 24.2 Å². The molecule has 1 aliphatic heterocycles. The van der Waals surface area contributed by atoms with Crippen molar-refractivity contribution in [3.05, 3.63) is 28.2 Å². The van der Waals surface area contributed by atoms with Gasteiger partial charge >= 0.3 is 0 Å². The van der Waals surface area contributed by atoms with Gasteiger partial charge in [0.05, 0.1) is 10.7 Å². The zero-order chi connectivity index (χ0) is 14.0. The number of hydrogen-bond donors (Lipinski definition) is 1. The van der Waals surface area contributed by atoms with E-state index in [1.165, 1.54) is 0 Å². The molecule has 0 bridgehead atoms. The van der Waals surface area contributed by atoms with Crippen LogP contribution < -0.4 is 10.2 Å². The SMILES string of the molecule is CC(C)(C)C1CN(c2ccc(Cl)cc2Cl)CCCN1. The number of nitrogens with zero attached hydrogens (tertiary/aromatic N) is 1. The van der Waals surface area contributed by atoms with Crippen molar-refractivity contribution in [3.63, 3.8) is 0 Å². The molecule has 0 aliphatic carbocycles. The van der Waals surface area contributed by atoms with Crippen LogP contribution in [0.5, 0.6) is 0 Å². The van der Waals surface area contributed by atoms with E-state index in [0.717, 1.165) is 36.8 Å². The third-order valence-corrected chi connectivity index (χ3v) is 4.23. The number of hydrogen-bond acceptors (Lipinski definition) is 2. The van der Waals surface area contributed by atoms with E-state index in [0.29, 0.717) is 11.1 Å². The van der Waals surface area contributed by atoms with Gasteiger partial charge in [-0.3, -0.25) is 0 Å². The summed E-state index contributed by atoms with van der Waals surface area (Å²) in [6, 6.07) is 6.22. The Labute approximate surface area is 126 Å².